The van der Waals surface area contributed by atoms with Crippen molar-refractivity contribution in [1.29, 1.82) is 0 Å². The number of nitrogens with one attached hydrogen (secondary N) is 3. The van der Waals surface area contributed by atoms with Gasteiger partial charge in [-0.05, 0) is 27.7 Å². The van der Waals surface area contributed by atoms with Crippen LogP contribution in [-0.4, -0.2) is 56.0 Å². The van der Waals surface area contributed by atoms with Gasteiger partial charge in [-0.3, -0.25) is 4.98 Å². The van der Waals surface area contributed by atoms with Crippen LogP contribution in [0.25, 0.3) is 0 Å². The van der Waals surface area contributed by atoms with Crippen LogP contribution in [-0.2, 0) is 0 Å². The number of nitrogens with zero attached hydrogens (tertiary/aromatic N) is 8. The molecular weight excluding hydrogens is 406 g/mol. The number of hydrogen-bond donors (Lipinski definition) is 3. The Morgan fingerprint density at radius 2 is 1.73 bits per heavy atom. The van der Waals surface area contributed by atoms with Crippen molar-refractivity contribution in [2.45, 2.75) is 34.6 Å². The van der Waals surface area contributed by atoms with Crippen LogP contribution in [0.5, 0.6) is 0 Å². The van der Waals surface area contributed by atoms with Gasteiger partial charge in [0, 0.05) is 30.9 Å². The standard InChI is InChI=1S/C4H6N2.C4H5NO.C4H5NS.C3H5N3.C2H4N4/c3*1-4-5-2-3-6-4;1-3-2-4-6-5-3;1-2-3-5-6-4-2/h2-3H,1H3,(H,5,6);2*2-3H,1H3;2H,1H3,(H,4,5,6);1H3,(H,3,4,5,6). The van der Waals surface area contributed by atoms with E-state index in [4.69, 9.17) is 4.42 Å². The second kappa shape index (κ2) is 15.2. The number of aromatic amines is 3. The number of imidazole rings is 1. The predicted octanol–water partition coefficient (Wildman–Crippen LogP) is 2.77. The van der Waals surface area contributed by atoms with Crippen LogP contribution in [0.15, 0.2) is 47.0 Å². The van der Waals surface area contributed by atoms with Gasteiger partial charge in [-0.15, -0.1) is 21.5 Å². The van der Waals surface area contributed by atoms with E-state index in [0.717, 1.165) is 22.4 Å². The molecule has 0 unspecified atom stereocenters. The molecule has 160 valence electrons. The van der Waals surface area contributed by atoms with Gasteiger partial charge >= 0.3 is 0 Å². The van der Waals surface area contributed by atoms with E-state index in [2.05, 4.69) is 56.0 Å². The van der Waals surface area contributed by atoms with E-state index < -0.39 is 0 Å². The lowest BCUT2D eigenvalue weighted by Gasteiger charge is -1.68. The summed E-state index contributed by atoms with van der Waals surface area (Å²) < 4.78 is 4.72. The van der Waals surface area contributed by atoms with Gasteiger partial charge < -0.3 is 9.40 Å². The second-order valence-corrected chi connectivity index (χ2v) is 6.45. The summed E-state index contributed by atoms with van der Waals surface area (Å²) in [4.78, 5) is 14.4. The summed E-state index contributed by atoms with van der Waals surface area (Å²) in [7, 11) is 0. The summed E-state index contributed by atoms with van der Waals surface area (Å²) in [5, 5.41) is 25.5. The predicted molar refractivity (Wildman–Crippen MR) is 111 cm³/mol. The molecule has 0 amide bonds. The van der Waals surface area contributed by atoms with Crippen molar-refractivity contribution in [2.24, 2.45) is 0 Å². The Morgan fingerprint density at radius 1 is 0.900 bits per heavy atom. The zero-order chi connectivity index (χ0) is 22.0. The van der Waals surface area contributed by atoms with Crippen LogP contribution < -0.4 is 0 Å². The number of oxazole rings is 1. The Labute approximate surface area is 177 Å². The van der Waals surface area contributed by atoms with Gasteiger partial charge in [0.25, 0.3) is 0 Å². The minimum absolute atomic E-state index is 0.676. The van der Waals surface area contributed by atoms with E-state index >= 15 is 0 Å². The van der Waals surface area contributed by atoms with Crippen LogP contribution in [0, 0.1) is 34.6 Å². The number of aromatic nitrogens is 11. The molecule has 30 heavy (non-hydrogen) atoms. The number of thiazole rings is 1. The van der Waals surface area contributed by atoms with Gasteiger partial charge in [0.05, 0.1) is 23.1 Å². The van der Waals surface area contributed by atoms with Crippen LogP contribution in [0.2, 0.25) is 0 Å². The maximum atomic E-state index is 4.72. The van der Waals surface area contributed by atoms with Gasteiger partial charge in [-0.2, -0.15) is 20.6 Å². The summed E-state index contributed by atoms with van der Waals surface area (Å²) in [5.74, 6) is 2.36. The third-order valence-corrected chi connectivity index (χ3v) is 3.44. The fraction of sp³-hybridized carbons (Fsp3) is 0.294. The molecule has 5 aromatic rings. The molecular formula is C17H25N11OS. The van der Waals surface area contributed by atoms with Crippen molar-refractivity contribution in [3.05, 3.63) is 70.9 Å². The zero-order valence-electron chi connectivity index (χ0n) is 17.4. The SMILES string of the molecule is Cc1cn[nH]n1.Cc1ncc[nH]1.Cc1ncco1.Cc1nccs1.Cc1nn[nH]n1. The van der Waals surface area contributed by atoms with E-state index in [1.807, 2.05) is 26.2 Å². The maximum absolute atomic E-state index is 4.72. The van der Waals surface area contributed by atoms with Gasteiger partial charge in [0.1, 0.15) is 12.1 Å². The Hall–Kier alpha value is -3.74. The van der Waals surface area contributed by atoms with Crippen LogP contribution >= 0.6 is 11.3 Å². The zero-order valence-corrected chi connectivity index (χ0v) is 18.3. The third-order valence-electron chi connectivity index (χ3n) is 2.73. The molecule has 5 heterocycles. The molecule has 0 saturated heterocycles. The minimum atomic E-state index is 0.676. The molecule has 0 atom stereocenters. The topological polar surface area (TPSA) is 164 Å². The molecule has 13 heteroatoms. The Morgan fingerprint density at radius 3 is 1.90 bits per heavy atom. The number of aryl methyl sites for hydroxylation is 5. The van der Waals surface area contributed by atoms with Crippen molar-refractivity contribution in [2.75, 3.05) is 0 Å². The number of H-pyrrole nitrogens is 3. The highest BCUT2D eigenvalue weighted by atomic mass is 32.1. The monoisotopic (exact) mass is 431 g/mol. The van der Waals surface area contributed by atoms with Crippen molar-refractivity contribution in [1.82, 2.24) is 56.0 Å². The van der Waals surface area contributed by atoms with Crippen molar-refractivity contribution in [3.63, 3.8) is 0 Å². The summed E-state index contributed by atoms with van der Waals surface area (Å²) in [6.45, 7) is 9.36. The first-order valence-electron chi connectivity index (χ1n) is 8.68. The molecule has 0 aromatic carbocycles. The normalized spacial score (nSPS) is 8.83. The molecule has 3 N–H and O–H groups in total. The van der Waals surface area contributed by atoms with Crippen molar-refractivity contribution >= 4 is 11.3 Å². The molecule has 5 aromatic heterocycles. The van der Waals surface area contributed by atoms with Crippen LogP contribution in [0.4, 0.5) is 0 Å². The van der Waals surface area contributed by atoms with Gasteiger partial charge in [0.15, 0.2) is 11.7 Å². The third kappa shape index (κ3) is 13.4. The Balaban J connectivity index is 0.000000187. The summed E-state index contributed by atoms with van der Waals surface area (Å²) in [5.41, 5.74) is 0.926. The first-order chi connectivity index (χ1) is 14.5. The summed E-state index contributed by atoms with van der Waals surface area (Å²) in [6, 6.07) is 0. The highest BCUT2D eigenvalue weighted by Gasteiger charge is 1.79. The highest BCUT2D eigenvalue weighted by Crippen LogP contribution is 1.98. The summed E-state index contributed by atoms with van der Waals surface area (Å²) in [6.07, 6.45) is 10.2. The van der Waals surface area contributed by atoms with Crippen molar-refractivity contribution < 1.29 is 4.42 Å². The van der Waals surface area contributed by atoms with E-state index in [1.165, 1.54) is 0 Å². The Kier molecular flexibility index (Phi) is 12.3. The van der Waals surface area contributed by atoms with Gasteiger partial charge in [-0.25, -0.2) is 9.97 Å². The first-order valence-corrected chi connectivity index (χ1v) is 9.56. The van der Waals surface area contributed by atoms with E-state index in [-0.39, 0.29) is 0 Å². The Bertz CT molecular complexity index is 745. The van der Waals surface area contributed by atoms with Crippen LogP contribution in [0.3, 0.4) is 0 Å². The smallest absolute Gasteiger partial charge is 0.190 e. The molecule has 0 radical (unpaired) electrons. The van der Waals surface area contributed by atoms with Crippen molar-refractivity contribution in [3.8, 4) is 0 Å². The van der Waals surface area contributed by atoms with Gasteiger partial charge in [-0.1, -0.05) is 5.21 Å². The fourth-order valence-electron chi connectivity index (χ4n) is 1.40. The molecule has 0 aliphatic carbocycles. The molecule has 12 nitrogen and oxygen atoms in total. The molecule has 0 aliphatic heterocycles. The number of rotatable bonds is 0. The minimum Gasteiger partial charge on any atom is -0.449 e. The first kappa shape index (κ1) is 24.3. The molecule has 0 bridgehead atoms. The number of tetrazole rings is 1. The highest BCUT2D eigenvalue weighted by molar-refractivity contribution is 7.09. The van der Waals surface area contributed by atoms with Crippen LogP contribution in [0.1, 0.15) is 28.2 Å². The largest absolute Gasteiger partial charge is 0.449 e. The quantitative estimate of drug-likeness (QED) is 0.334. The lowest BCUT2D eigenvalue weighted by molar-refractivity contribution is 0.521. The van der Waals surface area contributed by atoms with E-state index in [0.29, 0.717) is 5.82 Å². The molecule has 0 spiro atoms. The van der Waals surface area contributed by atoms with E-state index in [9.17, 15) is 0 Å². The summed E-state index contributed by atoms with van der Waals surface area (Å²) >= 11 is 1.67. The number of hydrogen-bond acceptors (Lipinski definition) is 10. The lowest BCUT2D eigenvalue weighted by Crippen LogP contribution is -1.69. The average molecular weight is 432 g/mol. The lowest BCUT2D eigenvalue weighted by atomic mass is 10.6. The van der Waals surface area contributed by atoms with Gasteiger partial charge in [0.2, 0.25) is 0 Å². The average Bonchev–Trinajstić information content (AvgIpc) is 3.50. The fourth-order valence-corrected chi connectivity index (χ4v) is 1.84. The maximum Gasteiger partial charge on any atom is 0.190 e. The molecule has 0 saturated carbocycles. The van der Waals surface area contributed by atoms with E-state index in [1.54, 1.807) is 62.4 Å². The molecule has 0 aliphatic rings. The molecule has 5 rings (SSSR count). The second-order valence-electron chi connectivity index (χ2n) is 5.35. The molecule has 0 fully saturated rings.